The van der Waals surface area contributed by atoms with Gasteiger partial charge in [-0.25, -0.2) is 4.98 Å². The average molecular weight is 260 g/mol. The first-order valence-electron chi connectivity index (χ1n) is 7.10. The van der Waals surface area contributed by atoms with Crippen LogP contribution in [0, 0.1) is 5.92 Å². The Morgan fingerprint density at radius 2 is 2.21 bits per heavy atom. The van der Waals surface area contributed by atoms with Crippen molar-refractivity contribution in [3.63, 3.8) is 0 Å². The minimum atomic E-state index is 0.636. The topological polar surface area (TPSA) is 41.1 Å². The van der Waals surface area contributed by atoms with E-state index in [4.69, 9.17) is 0 Å². The fourth-order valence-corrected chi connectivity index (χ4v) is 2.03. The molecule has 19 heavy (non-hydrogen) atoms. The molecule has 0 unspecified atom stereocenters. The van der Waals surface area contributed by atoms with Crippen LogP contribution in [0.2, 0.25) is 0 Å². The van der Waals surface area contributed by atoms with Crippen LogP contribution in [0.25, 0.3) is 0 Å². The van der Waals surface area contributed by atoms with Crippen LogP contribution >= 0.6 is 0 Å². The van der Waals surface area contributed by atoms with E-state index in [1.54, 1.807) is 0 Å². The van der Waals surface area contributed by atoms with E-state index in [1.165, 1.54) is 12.8 Å². The maximum atomic E-state index is 4.53. The molecule has 1 aromatic heterocycles. The Morgan fingerprint density at radius 3 is 2.74 bits per heavy atom. The zero-order chi connectivity index (χ0) is 13.7. The van der Waals surface area contributed by atoms with Crippen molar-refractivity contribution in [2.75, 3.05) is 18.0 Å². The summed E-state index contributed by atoms with van der Waals surface area (Å²) in [6, 6.07) is 0.636. The van der Waals surface area contributed by atoms with E-state index in [-0.39, 0.29) is 0 Å². The number of nitrogens with one attached hydrogen (secondary N) is 1. The maximum absolute atomic E-state index is 4.53. The number of rotatable bonds is 8. The lowest BCUT2D eigenvalue weighted by Gasteiger charge is -2.21. The van der Waals surface area contributed by atoms with E-state index in [1.807, 2.05) is 18.5 Å². The van der Waals surface area contributed by atoms with Crippen LogP contribution in [0.15, 0.2) is 25.0 Å². The van der Waals surface area contributed by atoms with Crippen molar-refractivity contribution in [3.8, 4) is 0 Å². The second kappa shape index (κ2) is 6.66. The quantitative estimate of drug-likeness (QED) is 0.729. The molecule has 1 aliphatic carbocycles. The molecule has 0 bridgehead atoms. The lowest BCUT2D eigenvalue weighted by Crippen LogP contribution is -2.27. The largest absolute Gasteiger partial charge is 0.349 e. The smallest absolute Gasteiger partial charge is 0.147 e. The minimum absolute atomic E-state index is 0.636. The van der Waals surface area contributed by atoms with E-state index in [0.717, 1.165) is 31.1 Å². The molecule has 0 amide bonds. The third kappa shape index (κ3) is 4.31. The Balaban J connectivity index is 1.91. The first-order valence-corrected chi connectivity index (χ1v) is 7.10. The third-order valence-corrected chi connectivity index (χ3v) is 3.16. The van der Waals surface area contributed by atoms with Gasteiger partial charge in [0.2, 0.25) is 0 Å². The van der Waals surface area contributed by atoms with E-state index >= 15 is 0 Å². The highest BCUT2D eigenvalue weighted by atomic mass is 15.2. The molecule has 0 spiro atoms. The molecule has 1 N–H and O–H groups in total. The van der Waals surface area contributed by atoms with Crippen LogP contribution < -0.4 is 10.2 Å². The van der Waals surface area contributed by atoms with Crippen molar-refractivity contribution in [3.05, 3.63) is 30.7 Å². The normalized spacial score (nSPS) is 14.7. The highest BCUT2D eigenvalue weighted by Crippen LogP contribution is 2.29. The Morgan fingerprint density at radius 1 is 1.42 bits per heavy atom. The summed E-state index contributed by atoms with van der Waals surface area (Å²) < 4.78 is 0. The van der Waals surface area contributed by atoms with Crippen LogP contribution in [0.5, 0.6) is 0 Å². The summed E-state index contributed by atoms with van der Waals surface area (Å²) in [5.74, 6) is 1.63. The minimum Gasteiger partial charge on any atom is -0.349 e. The highest BCUT2D eigenvalue weighted by Gasteiger charge is 2.29. The Labute approximate surface area is 115 Å². The van der Waals surface area contributed by atoms with Gasteiger partial charge in [-0.3, -0.25) is 4.98 Å². The van der Waals surface area contributed by atoms with E-state index in [9.17, 15) is 0 Å². The predicted molar refractivity (Wildman–Crippen MR) is 79.1 cm³/mol. The summed E-state index contributed by atoms with van der Waals surface area (Å²) in [5, 5.41) is 3.38. The van der Waals surface area contributed by atoms with Gasteiger partial charge in [0, 0.05) is 19.1 Å². The second-order valence-electron chi connectivity index (χ2n) is 5.56. The van der Waals surface area contributed by atoms with Gasteiger partial charge in [0.15, 0.2) is 0 Å². The van der Waals surface area contributed by atoms with Crippen molar-refractivity contribution in [1.82, 2.24) is 15.3 Å². The van der Waals surface area contributed by atoms with Gasteiger partial charge in [0.1, 0.15) is 5.82 Å². The van der Waals surface area contributed by atoms with Crippen LogP contribution in [0.1, 0.15) is 32.4 Å². The first kappa shape index (κ1) is 14.0. The first-order chi connectivity index (χ1) is 9.20. The Hall–Kier alpha value is -1.42. The maximum Gasteiger partial charge on any atom is 0.147 e. The molecule has 4 heteroatoms. The molecule has 0 radical (unpaired) electrons. The predicted octanol–water partition coefficient (Wildman–Crippen LogP) is 2.38. The van der Waals surface area contributed by atoms with Gasteiger partial charge in [0.25, 0.3) is 0 Å². The van der Waals surface area contributed by atoms with Crippen LogP contribution in [0.3, 0.4) is 0 Å². The summed E-state index contributed by atoms with van der Waals surface area (Å²) >= 11 is 0. The van der Waals surface area contributed by atoms with Gasteiger partial charge in [-0.2, -0.15) is 0 Å². The molecule has 1 saturated carbocycles. The molecule has 0 aliphatic heterocycles. The van der Waals surface area contributed by atoms with E-state index < -0.39 is 0 Å². The molecular formula is C15H24N4. The van der Waals surface area contributed by atoms with Crippen molar-refractivity contribution >= 4 is 5.82 Å². The standard InChI is InChI=1S/C15H24N4/c1-4-7-19(14-5-6-14)15-11-17-13(10-18-15)9-16-8-12(2)3/h4,10-12,14,16H,1,5-9H2,2-3H3. The SMILES string of the molecule is C=CCN(c1cnc(CNCC(C)C)cn1)C1CC1. The van der Waals surface area contributed by atoms with Gasteiger partial charge in [-0.1, -0.05) is 19.9 Å². The van der Waals surface area contributed by atoms with E-state index in [0.29, 0.717) is 12.0 Å². The zero-order valence-electron chi connectivity index (χ0n) is 12.0. The fourth-order valence-electron chi connectivity index (χ4n) is 2.03. The number of hydrogen-bond donors (Lipinski definition) is 1. The second-order valence-corrected chi connectivity index (χ2v) is 5.56. The number of nitrogens with zero attached hydrogens (tertiary/aromatic N) is 3. The summed E-state index contributed by atoms with van der Waals surface area (Å²) in [6.07, 6.45) is 8.20. The summed E-state index contributed by atoms with van der Waals surface area (Å²) in [5.41, 5.74) is 0.999. The third-order valence-electron chi connectivity index (χ3n) is 3.16. The van der Waals surface area contributed by atoms with Crippen molar-refractivity contribution in [1.29, 1.82) is 0 Å². The highest BCUT2D eigenvalue weighted by molar-refractivity contribution is 5.40. The molecule has 4 nitrogen and oxygen atoms in total. The summed E-state index contributed by atoms with van der Waals surface area (Å²) in [7, 11) is 0. The lowest BCUT2D eigenvalue weighted by atomic mass is 10.2. The molecule has 1 heterocycles. The molecule has 2 rings (SSSR count). The number of anilines is 1. The molecule has 104 valence electrons. The summed E-state index contributed by atoms with van der Waals surface area (Å²) in [4.78, 5) is 11.3. The molecule has 1 aliphatic rings. The van der Waals surface area contributed by atoms with E-state index in [2.05, 4.69) is 40.6 Å². The van der Waals surface area contributed by atoms with Crippen molar-refractivity contribution in [2.45, 2.75) is 39.3 Å². The molecule has 0 saturated heterocycles. The van der Waals surface area contributed by atoms with Gasteiger partial charge in [-0.05, 0) is 25.3 Å². The fraction of sp³-hybridized carbons (Fsp3) is 0.600. The monoisotopic (exact) mass is 260 g/mol. The number of aromatic nitrogens is 2. The van der Waals surface area contributed by atoms with Gasteiger partial charge in [-0.15, -0.1) is 6.58 Å². The van der Waals surface area contributed by atoms with Crippen molar-refractivity contribution in [2.24, 2.45) is 5.92 Å². The molecule has 0 atom stereocenters. The van der Waals surface area contributed by atoms with Crippen LogP contribution in [-0.4, -0.2) is 29.1 Å². The molecule has 0 aromatic carbocycles. The molecule has 1 fully saturated rings. The average Bonchev–Trinajstić information content (AvgIpc) is 3.21. The Bertz CT molecular complexity index is 395. The molecule has 1 aromatic rings. The van der Waals surface area contributed by atoms with Gasteiger partial charge >= 0.3 is 0 Å². The number of hydrogen-bond acceptors (Lipinski definition) is 4. The molecular weight excluding hydrogens is 236 g/mol. The zero-order valence-corrected chi connectivity index (χ0v) is 12.0. The van der Waals surface area contributed by atoms with Crippen molar-refractivity contribution < 1.29 is 0 Å². The van der Waals surface area contributed by atoms with Gasteiger partial charge < -0.3 is 10.2 Å². The summed E-state index contributed by atoms with van der Waals surface area (Å²) in [6.45, 7) is 10.9. The van der Waals surface area contributed by atoms with Gasteiger partial charge in [0.05, 0.1) is 18.1 Å². The lowest BCUT2D eigenvalue weighted by molar-refractivity contribution is 0.547. The Kier molecular flexibility index (Phi) is 4.91. The van der Waals surface area contributed by atoms with Crippen LogP contribution in [0.4, 0.5) is 5.82 Å². The van der Waals surface area contributed by atoms with Crippen LogP contribution in [-0.2, 0) is 6.54 Å².